The van der Waals surface area contributed by atoms with Crippen LogP contribution in [0.1, 0.15) is 16.7 Å². The van der Waals surface area contributed by atoms with E-state index in [2.05, 4.69) is 4.99 Å². The topological polar surface area (TPSA) is 88.1 Å². The zero-order chi connectivity index (χ0) is 27.6. The SMILES string of the molecule is O=C1N=C(N2CCc3cc(NS(=O)(=O)C(F)(F)F)ccc32)S/C1=C/c1ccc(OCCc2ccccc2)cc1. The summed E-state index contributed by atoms with van der Waals surface area (Å²) in [6.45, 7) is 0.995. The number of nitrogens with zero attached hydrogens (tertiary/aromatic N) is 2. The number of nitrogens with one attached hydrogen (secondary N) is 1. The van der Waals surface area contributed by atoms with E-state index in [0.29, 0.717) is 40.9 Å². The van der Waals surface area contributed by atoms with Crippen molar-refractivity contribution in [2.24, 2.45) is 4.99 Å². The molecule has 3 aromatic rings. The Bertz CT molecular complexity index is 1560. The van der Waals surface area contributed by atoms with E-state index in [4.69, 9.17) is 4.74 Å². The number of ether oxygens (including phenoxy) is 1. The third-order valence-corrected chi connectivity index (χ3v) is 8.17. The van der Waals surface area contributed by atoms with Crippen molar-refractivity contribution in [3.05, 3.63) is 94.4 Å². The number of alkyl halides is 3. The van der Waals surface area contributed by atoms with Crippen molar-refractivity contribution >= 4 is 50.3 Å². The smallest absolute Gasteiger partial charge is 0.493 e. The molecule has 5 rings (SSSR count). The molecular formula is C27H22F3N3O4S2. The van der Waals surface area contributed by atoms with Gasteiger partial charge in [0.2, 0.25) is 0 Å². The lowest BCUT2D eigenvalue weighted by Gasteiger charge is -2.18. The van der Waals surface area contributed by atoms with E-state index in [1.54, 1.807) is 15.7 Å². The van der Waals surface area contributed by atoms with E-state index >= 15 is 0 Å². The molecule has 7 nitrogen and oxygen atoms in total. The van der Waals surface area contributed by atoms with Crippen LogP contribution < -0.4 is 14.4 Å². The van der Waals surface area contributed by atoms with Crippen LogP contribution in [0.5, 0.6) is 5.75 Å². The van der Waals surface area contributed by atoms with Gasteiger partial charge >= 0.3 is 15.5 Å². The molecular weight excluding hydrogens is 551 g/mol. The fraction of sp³-hybridized carbons (Fsp3) is 0.185. The van der Waals surface area contributed by atoms with Crippen LogP contribution in [0.25, 0.3) is 6.08 Å². The van der Waals surface area contributed by atoms with Crippen molar-refractivity contribution in [3.63, 3.8) is 0 Å². The van der Waals surface area contributed by atoms with Gasteiger partial charge in [-0.05, 0) is 71.3 Å². The lowest BCUT2D eigenvalue weighted by atomic mass is 10.1. The lowest BCUT2D eigenvalue weighted by Crippen LogP contribution is -2.29. The normalized spacial score (nSPS) is 16.4. The molecule has 202 valence electrons. The molecule has 0 bridgehead atoms. The van der Waals surface area contributed by atoms with Gasteiger partial charge in [0.05, 0.1) is 11.5 Å². The van der Waals surface area contributed by atoms with Crippen LogP contribution in [0.3, 0.4) is 0 Å². The van der Waals surface area contributed by atoms with Crippen LogP contribution >= 0.6 is 11.8 Å². The zero-order valence-electron chi connectivity index (χ0n) is 20.3. The Labute approximate surface area is 227 Å². The summed E-state index contributed by atoms with van der Waals surface area (Å²) in [6.07, 6.45) is 2.99. The van der Waals surface area contributed by atoms with E-state index in [0.717, 1.165) is 17.7 Å². The standard InChI is InChI=1S/C27H22F3N3O4S2/c28-27(29,30)39(35,36)32-21-8-11-23-20(17-21)12-14-33(23)26-31-25(34)24(38-26)16-19-6-9-22(10-7-19)37-15-13-18-4-2-1-3-5-18/h1-11,16-17,32H,12-15H2/b24-16+. The molecule has 0 aromatic heterocycles. The first-order valence-electron chi connectivity index (χ1n) is 11.9. The lowest BCUT2D eigenvalue weighted by molar-refractivity contribution is -0.113. The summed E-state index contributed by atoms with van der Waals surface area (Å²) in [4.78, 5) is 19.0. The number of thioether (sulfide) groups is 1. The van der Waals surface area contributed by atoms with Gasteiger partial charge in [0.1, 0.15) is 5.75 Å². The first kappa shape index (κ1) is 26.8. The van der Waals surface area contributed by atoms with Gasteiger partial charge in [-0.15, -0.1) is 0 Å². The van der Waals surface area contributed by atoms with Crippen LogP contribution in [0, 0.1) is 0 Å². The Hall–Kier alpha value is -3.77. The number of anilines is 2. The zero-order valence-corrected chi connectivity index (χ0v) is 21.9. The van der Waals surface area contributed by atoms with Gasteiger partial charge in [0.25, 0.3) is 5.91 Å². The maximum atomic E-state index is 12.7. The average Bonchev–Trinajstić information content (AvgIpc) is 3.47. The molecule has 12 heteroatoms. The number of amides is 1. The second kappa shape index (κ2) is 10.8. The highest BCUT2D eigenvalue weighted by molar-refractivity contribution is 8.18. The molecule has 3 aromatic carbocycles. The third kappa shape index (κ3) is 6.12. The Balaban J connectivity index is 1.21. The summed E-state index contributed by atoms with van der Waals surface area (Å²) in [5, 5.41) is 0.453. The highest BCUT2D eigenvalue weighted by Crippen LogP contribution is 2.38. The molecule has 1 amide bonds. The van der Waals surface area contributed by atoms with Gasteiger partial charge in [-0.2, -0.15) is 26.6 Å². The molecule has 0 atom stereocenters. The Morgan fingerprint density at radius 3 is 2.51 bits per heavy atom. The second-order valence-electron chi connectivity index (χ2n) is 8.76. The van der Waals surface area contributed by atoms with Crippen molar-refractivity contribution in [2.75, 3.05) is 22.8 Å². The van der Waals surface area contributed by atoms with E-state index in [-0.39, 0.29) is 11.6 Å². The van der Waals surface area contributed by atoms with Crippen molar-refractivity contribution < 1.29 is 31.1 Å². The average molecular weight is 574 g/mol. The van der Waals surface area contributed by atoms with Crippen LogP contribution in [0.2, 0.25) is 0 Å². The Morgan fingerprint density at radius 2 is 1.79 bits per heavy atom. The summed E-state index contributed by atoms with van der Waals surface area (Å²) in [5.41, 5.74) is -2.29. The molecule has 0 fully saturated rings. The van der Waals surface area contributed by atoms with E-state index in [1.165, 1.54) is 35.5 Å². The molecule has 0 saturated heterocycles. The number of hydrogen-bond acceptors (Lipinski definition) is 6. The Morgan fingerprint density at radius 1 is 1.05 bits per heavy atom. The molecule has 2 aliphatic heterocycles. The number of carbonyl (C=O) groups excluding carboxylic acids is 1. The minimum Gasteiger partial charge on any atom is -0.493 e. The molecule has 1 N–H and O–H groups in total. The number of halogens is 3. The second-order valence-corrected chi connectivity index (χ2v) is 11.4. The summed E-state index contributed by atoms with van der Waals surface area (Å²) in [5.74, 6) is 0.335. The number of hydrogen-bond donors (Lipinski definition) is 1. The van der Waals surface area contributed by atoms with E-state index < -0.39 is 15.5 Å². The maximum absolute atomic E-state index is 12.7. The molecule has 0 aliphatic carbocycles. The first-order chi connectivity index (χ1) is 18.6. The first-order valence-corrected chi connectivity index (χ1v) is 14.2. The fourth-order valence-corrected chi connectivity index (χ4v) is 5.64. The molecule has 2 heterocycles. The van der Waals surface area contributed by atoms with Crippen molar-refractivity contribution in [2.45, 2.75) is 18.3 Å². The maximum Gasteiger partial charge on any atom is 0.516 e. The molecule has 39 heavy (non-hydrogen) atoms. The third-order valence-electron chi connectivity index (χ3n) is 6.05. The van der Waals surface area contributed by atoms with Gasteiger partial charge in [-0.3, -0.25) is 9.52 Å². The summed E-state index contributed by atoms with van der Waals surface area (Å²) < 4.78 is 68.3. The largest absolute Gasteiger partial charge is 0.516 e. The van der Waals surface area contributed by atoms with Crippen LogP contribution in [0.15, 0.2) is 82.7 Å². The number of sulfonamides is 1. The summed E-state index contributed by atoms with van der Waals surface area (Å²) in [7, 11) is -5.51. The highest BCUT2D eigenvalue weighted by Gasteiger charge is 2.46. The van der Waals surface area contributed by atoms with Gasteiger partial charge in [-0.25, -0.2) is 0 Å². The number of benzene rings is 3. The van der Waals surface area contributed by atoms with Crippen molar-refractivity contribution in [1.29, 1.82) is 0 Å². The molecule has 2 aliphatic rings. The van der Waals surface area contributed by atoms with E-state index in [1.807, 2.05) is 54.6 Å². The van der Waals surface area contributed by atoms with Gasteiger partial charge in [-0.1, -0.05) is 42.5 Å². The van der Waals surface area contributed by atoms with E-state index in [9.17, 15) is 26.4 Å². The van der Waals surface area contributed by atoms with Crippen LogP contribution in [0.4, 0.5) is 24.5 Å². The fourth-order valence-electron chi connectivity index (χ4n) is 4.13. The van der Waals surface area contributed by atoms with Crippen molar-refractivity contribution in [1.82, 2.24) is 0 Å². The Kier molecular flexibility index (Phi) is 7.41. The number of carbonyl (C=O) groups is 1. The van der Waals surface area contributed by atoms with Crippen LogP contribution in [-0.4, -0.2) is 38.2 Å². The predicted octanol–water partition coefficient (Wildman–Crippen LogP) is 5.60. The van der Waals surface area contributed by atoms with Crippen LogP contribution in [-0.2, 0) is 27.7 Å². The number of amidine groups is 1. The molecule has 0 radical (unpaired) electrons. The van der Waals surface area contributed by atoms with Crippen molar-refractivity contribution in [3.8, 4) is 5.75 Å². The minimum atomic E-state index is -5.51. The highest BCUT2D eigenvalue weighted by atomic mass is 32.2. The summed E-state index contributed by atoms with van der Waals surface area (Å²) >= 11 is 1.20. The number of aliphatic imine (C=N–C) groups is 1. The monoisotopic (exact) mass is 573 g/mol. The number of fused-ring (bicyclic) bond motifs is 1. The number of rotatable bonds is 7. The molecule has 0 unspecified atom stereocenters. The summed E-state index contributed by atoms with van der Waals surface area (Å²) in [6, 6.07) is 21.6. The molecule has 0 spiro atoms. The van der Waals surface area contributed by atoms with Gasteiger partial charge in [0, 0.05) is 24.3 Å². The quantitative estimate of drug-likeness (QED) is 0.370. The molecule has 0 saturated carbocycles. The van der Waals surface area contributed by atoms with Gasteiger partial charge < -0.3 is 9.64 Å². The minimum absolute atomic E-state index is 0.182. The van der Waals surface area contributed by atoms with Gasteiger partial charge in [0.15, 0.2) is 5.17 Å². The predicted molar refractivity (Wildman–Crippen MR) is 146 cm³/mol.